The van der Waals surface area contributed by atoms with Crippen molar-refractivity contribution in [3.8, 4) is 11.5 Å². The van der Waals surface area contributed by atoms with Crippen molar-refractivity contribution < 1.29 is 14.6 Å². The molecule has 5 heteroatoms. The molecular weight excluding hydrogens is 412 g/mol. The number of hydrogen-bond acceptors (Lipinski definition) is 3. The van der Waals surface area contributed by atoms with E-state index in [1.165, 1.54) is 0 Å². The number of phenolic OH excluding ortho intramolecular Hbond substituents is 1. The number of esters is 1. The van der Waals surface area contributed by atoms with Crippen molar-refractivity contribution in [1.29, 1.82) is 0 Å². The molecule has 0 aromatic heterocycles. The third kappa shape index (κ3) is 3.90. The highest BCUT2D eigenvalue weighted by Gasteiger charge is 2.20. The summed E-state index contributed by atoms with van der Waals surface area (Å²) in [5, 5.41) is 9.94. The van der Waals surface area contributed by atoms with Gasteiger partial charge in [-0.15, -0.1) is 0 Å². The summed E-state index contributed by atoms with van der Waals surface area (Å²) in [5.41, 5.74) is 0.922. The summed E-state index contributed by atoms with van der Waals surface area (Å²) in [4.78, 5) is 12.3. The summed E-state index contributed by atoms with van der Waals surface area (Å²) in [6.45, 7) is 5.96. The van der Waals surface area contributed by atoms with Crippen LogP contribution in [0.4, 0.5) is 0 Å². The van der Waals surface area contributed by atoms with E-state index >= 15 is 0 Å². The van der Waals surface area contributed by atoms with Gasteiger partial charge in [0.05, 0.1) is 5.56 Å². The average molecular weight is 428 g/mol. The predicted octanol–water partition coefficient (Wildman–Crippen LogP) is 5.43. The number of carbonyl (C=O) groups is 1. The van der Waals surface area contributed by atoms with Crippen LogP contribution >= 0.6 is 31.9 Å². The Morgan fingerprint density at radius 2 is 1.77 bits per heavy atom. The van der Waals surface area contributed by atoms with Crippen molar-refractivity contribution in [2.45, 2.75) is 26.2 Å². The molecule has 0 radical (unpaired) electrons. The van der Waals surface area contributed by atoms with Crippen LogP contribution in [0.1, 0.15) is 36.7 Å². The highest BCUT2D eigenvalue weighted by Crippen LogP contribution is 2.34. The number of carbonyl (C=O) groups excluding carboxylic acids is 1. The highest BCUT2D eigenvalue weighted by molar-refractivity contribution is 9.11. The molecule has 3 nitrogen and oxygen atoms in total. The van der Waals surface area contributed by atoms with Gasteiger partial charge in [0.2, 0.25) is 0 Å². The second kappa shape index (κ2) is 6.42. The van der Waals surface area contributed by atoms with Crippen molar-refractivity contribution in [3.05, 3.63) is 56.5 Å². The van der Waals surface area contributed by atoms with E-state index in [-0.39, 0.29) is 11.2 Å². The SMILES string of the molecule is CC(C)(C)c1cc(OC(=O)c2ccc(Br)cc2Br)ccc1O. The first-order valence-corrected chi connectivity index (χ1v) is 8.28. The smallest absolute Gasteiger partial charge is 0.344 e. The topological polar surface area (TPSA) is 46.5 Å². The number of halogens is 2. The molecule has 0 atom stereocenters. The van der Waals surface area contributed by atoms with Gasteiger partial charge in [0.15, 0.2) is 0 Å². The Hall–Kier alpha value is -1.33. The largest absolute Gasteiger partial charge is 0.508 e. The van der Waals surface area contributed by atoms with Crippen molar-refractivity contribution in [2.24, 2.45) is 0 Å². The van der Waals surface area contributed by atoms with Crippen LogP contribution in [-0.4, -0.2) is 11.1 Å². The maximum Gasteiger partial charge on any atom is 0.344 e. The van der Waals surface area contributed by atoms with Gasteiger partial charge < -0.3 is 9.84 Å². The third-order valence-electron chi connectivity index (χ3n) is 3.14. The molecule has 0 aliphatic rings. The summed E-state index contributed by atoms with van der Waals surface area (Å²) in [6, 6.07) is 10.1. The lowest BCUT2D eigenvalue weighted by Gasteiger charge is -2.21. The first-order chi connectivity index (χ1) is 10.2. The quantitative estimate of drug-likeness (QED) is 0.513. The van der Waals surface area contributed by atoms with Gasteiger partial charge in [0.1, 0.15) is 11.5 Å². The standard InChI is InChI=1S/C17H16Br2O3/c1-17(2,3)13-9-11(5-7-15(13)20)22-16(21)12-6-4-10(18)8-14(12)19/h4-9,20H,1-3H3. The van der Waals surface area contributed by atoms with Crippen LogP contribution in [0.2, 0.25) is 0 Å². The van der Waals surface area contributed by atoms with Crippen LogP contribution in [0.5, 0.6) is 11.5 Å². The second-order valence-corrected chi connectivity index (χ2v) is 7.71. The van der Waals surface area contributed by atoms with Crippen LogP contribution < -0.4 is 4.74 Å². The fourth-order valence-corrected chi connectivity index (χ4v) is 3.21. The predicted molar refractivity (Wildman–Crippen MR) is 93.6 cm³/mol. The molecule has 0 unspecified atom stereocenters. The molecule has 0 aliphatic heterocycles. The zero-order valence-electron chi connectivity index (χ0n) is 12.5. The molecule has 0 saturated carbocycles. The molecule has 2 rings (SSSR count). The summed E-state index contributed by atoms with van der Waals surface area (Å²) < 4.78 is 6.94. The van der Waals surface area contributed by atoms with Gasteiger partial charge in [0.25, 0.3) is 0 Å². The number of ether oxygens (including phenoxy) is 1. The van der Waals surface area contributed by atoms with Gasteiger partial charge in [0, 0.05) is 14.5 Å². The lowest BCUT2D eigenvalue weighted by Crippen LogP contribution is -2.13. The fraction of sp³-hybridized carbons (Fsp3) is 0.235. The van der Waals surface area contributed by atoms with E-state index in [9.17, 15) is 9.90 Å². The van der Waals surface area contributed by atoms with E-state index in [2.05, 4.69) is 31.9 Å². The Bertz CT molecular complexity index is 718. The van der Waals surface area contributed by atoms with Gasteiger partial charge in [-0.3, -0.25) is 0 Å². The molecule has 0 saturated heterocycles. The van der Waals surface area contributed by atoms with Gasteiger partial charge in [-0.05, 0) is 57.7 Å². The lowest BCUT2D eigenvalue weighted by molar-refractivity contribution is 0.0733. The molecule has 0 bridgehead atoms. The Morgan fingerprint density at radius 1 is 1.09 bits per heavy atom. The van der Waals surface area contributed by atoms with Crippen LogP contribution in [0.3, 0.4) is 0 Å². The van der Waals surface area contributed by atoms with Crippen molar-refractivity contribution in [2.75, 3.05) is 0 Å². The van der Waals surface area contributed by atoms with Crippen molar-refractivity contribution in [3.63, 3.8) is 0 Å². The van der Waals surface area contributed by atoms with Crippen LogP contribution in [0.25, 0.3) is 0 Å². The molecule has 0 aliphatic carbocycles. The summed E-state index contributed by atoms with van der Waals surface area (Å²) in [5.74, 6) is 0.143. The minimum atomic E-state index is -0.454. The minimum Gasteiger partial charge on any atom is -0.508 e. The maximum atomic E-state index is 12.3. The number of phenols is 1. The van der Waals surface area contributed by atoms with E-state index in [0.717, 1.165) is 10.0 Å². The van der Waals surface area contributed by atoms with Crippen LogP contribution in [-0.2, 0) is 5.41 Å². The second-order valence-electron chi connectivity index (χ2n) is 5.94. The molecule has 0 spiro atoms. The monoisotopic (exact) mass is 426 g/mol. The molecular formula is C17H16Br2O3. The number of hydrogen-bond donors (Lipinski definition) is 1. The van der Waals surface area contributed by atoms with Gasteiger partial charge in [-0.25, -0.2) is 4.79 Å². The molecule has 0 fully saturated rings. The first kappa shape index (κ1) is 17.0. The third-order valence-corrected chi connectivity index (χ3v) is 4.29. The maximum absolute atomic E-state index is 12.3. The molecule has 1 N–H and O–H groups in total. The molecule has 22 heavy (non-hydrogen) atoms. The van der Waals surface area contributed by atoms with E-state index < -0.39 is 5.97 Å². The van der Waals surface area contributed by atoms with Crippen LogP contribution in [0, 0.1) is 0 Å². The summed E-state index contributed by atoms with van der Waals surface area (Å²) >= 11 is 6.69. The van der Waals surface area contributed by atoms with Crippen molar-refractivity contribution >= 4 is 37.8 Å². The van der Waals surface area contributed by atoms with Crippen LogP contribution in [0.15, 0.2) is 45.3 Å². The molecule has 116 valence electrons. The Labute approximate surface area is 146 Å². The van der Waals surface area contributed by atoms with Gasteiger partial charge >= 0.3 is 5.97 Å². The fourth-order valence-electron chi connectivity index (χ4n) is 2.00. The molecule has 0 amide bonds. The normalized spacial score (nSPS) is 11.3. The van der Waals surface area contributed by atoms with E-state index in [1.807, 2.05) is 20.8 Å². The first-order valence-electron chi connectivity index (χ1n) is 6.69. The van der Waals surface area contributed by atoms with E-state index in [1.54, 1.807) is 36.4 Å². The van der Waals surface area contributed by atoms with E-state index in [4.69, 9.17) is 4.74 Å². The molecule has 0 heterocycles. The summed E-state index contributed by atoms with van der Waals surface area (Å²) in [7, 11) is 0. The number of rotatable bonds is 2. The Morgan fingerprint density at radius 3 is 2.36 bits per heavy atom. The van der Waals surface area contributed by atoms with E-state index in [0.29, 0.717) is 15.8 Å². The molecule has 2 aromatic rings. The lowest BCUT2D eigenvalue weighted by atomic mass is 9.86. The van der Waals surface area contributed by atoms with Gasteiger partial charge in [-0.1, -0.05) is 36.7 Å². The summed E-state index contributed by atoms with van der Waals surface area (Å²) in [6.07, 6.45) is 0. The van der Waals surface area contributed by atoms with Crippen molar-refractivity contribution in [1.82, 2.24) is 0 Å². The minimum absolute atomic E-state index is 0.192. The zero-order valence-corrected chi connectivity index (χ0v) is 15.7. The Kier molecular flexibility index (Phi) is 4.97. The van der Waals surface area contributed by atoms with Gasteiger partial charge in [-0.2, -0.15) is 0 Å². The zero-order chi connectivity index (χ0) is 16.5. The average Bonchev–Trinajstić information content (AvgIpc) is 2.39. The number of aromatic hydroxyl groups is 1. The Balaban J connectivity index is 2.29. The number of benzene rings is 2. The molecule has 2 aromatic carbocycles. The highest BCUT2D eigenvalue weighted by atomic mass is 79.9.